The molecule has 3 rings (SSSR count). The lowest BCUT2D eigenvalue weighted by molar-refractivity contribution is -0.137. The van der Waals surface area contributed by atoms with Gasteiger partial charge in [-0.15, -0.1) is 0 Å². The molecule has 0 saturated heterocycles. The topological polar surface area (TPSA) is 81.1 Å². The number of carboxylic acid groups (broad SMARTS) is 1. The van der Waals surface area contributed by atoms with E-state index in [1.807, 2.05) is 24.3 Å². The van der Waals surface area contributed by atoms with Gasteiger partial charge in [0.25, 0.3) is 0 Å². The van der Waals surface area contributed by atoms with Crippen LogP contribution in [0.3, 0.4) is 0 Å². The predicted octanol–water partition coefficient (Wildman–Crippen LogP) is 1.78. The minimum Gasteiger partial charge on any atom is -0.480 e. The molecule has 18 heavy (non-hydrogen) atoms. The fraction of sp³-hybridized carbons (Fsp3) is 0.0833. The van der Waals surface area contributed by atoms with Crippen molar-refractivity contribution in [2.24, 2.45) is 0 Å². The van der Waals surface area contributed by atoms with Gasteiger partial charge in [-0.2, -0.15) is 0 Å². The number of imidazole rings is 1. The molecule has 1 N–H and O–H groups in total. The summed E-state index contributed by atoms with van der Waals surface area (Å²) in [5, 5.41) is 12.8. The summed E-state index contributed by atoms with van der Waals surface area (Å²) in [6, 6.07) is 9.01. The summed E-state index contributed by atoms with van der Waals surface area (Å²) >= 11 is 0. The molecule has 3 aromatic rings. The minimum absolute atomic E-state index is 0.164. The number of aliphatic carboxylic acids is 1. The van der Waals surface area contributed by atoms with E-state index in [0.717, 1.165) is 11.0 Å². The minimum atomic E-state index is -0.928. The van der Waals surface area contributed by atoms with E-state index in [4.69, 9.17) is 9.63 Å². The molecule has 1 aromatic carbocycles. The molecule has 0 aliphatic rings. The maximum absolute atomic E-state index is 10.9. The van der Waals surface area contributed by atoms with Crippen molar-refractivity contribution >= 4 is 17.0 Å². The Kier molecular flexibility index (Phi) is 2.33. The second-order valence-electron chi connectivity index (χ2n) is 3.79. The summed E-state index contributed by atoms with van der Waals surface area (Å²) in [7, 11) is 0. The van der Waals surface area contributed by atoms with Crippen molar-refractivity contribution < 1.29 is 14.4 Å². The van der Waals surface area contributed by atoms with Crippen LogP contribution in [0, 0.1) is 0 Å². The van der Waals surface area contributed by atoms with Gasteiger partial charge in [0.2, 0.25) is 0 Å². The maximum atomic E-state index is 10.9. The normalized spacial score (nSPS) is 10.9. The van der Waals surface area contributed by atoms with Crippen molar-refractivity contribution in [1.29, 1.82) is 0 Å². The Labute approximate surface area is 101 Å². The summed E-state index contributed by atoms with van der Waals surface area (Å²) in [4.78, 5) is 15.3. The van der Waals surface area contributed by atoms with Gasteiger partial charge in [-0.3, -0.25) is 4.79 Å². The van der Waals surface area contributed by atoms with E-state index >= 15 is 0 Å². The number of hydrogen-bond donors (Lipinski definition) is 1. The highest BCUT2D eigenvalue weighted by Crippen LogP contribution is 2.23. The molecule has 2 aromatic heterocycles. The number of nitrogens with zero attached hydrogens (tertiary/aromatic N) is 3. The molecule has 0 aliphatic heterocycles. The zero-order valence-electron chi connectivity index (χ0n) is 9.28. The lowest BCUT2D eigenvalue weighted by atomic mass is 10.3. The molecule has 0 atom stereocenters. The van der Waals surface area contributed by atoms with E-state index in [0.29, 0.717) is 11.5 Å². The highest BCUT2D eigenvalue weighted by Gasteiger charge is 2.16. The third-order valence-electron chi connectivity index (χ3n) is 2.61. The van der Waals surface area contributed by atoms with Gasteiger partial charge in [-0.05, 0) is 12.1 Å². The van der Waals surface area contributed by atoms with E-state index in [1.165, 1.54) is 6.26 Å². The standard InChI is InChI=1S/C12H9N3O3/c16-11(17)7-15-10-4-2-1-3-8(10)13-12(15)9-5-6-18-14-9/h1-6H,7H2,(H,16,17). The number of para-hydroxylation sites is 2. The number of carboxylic acids is 1. The molecule has 0 amide bonds. The van der Waals surface area contributed by atoms with E-state index in [-0.39, 0.29) is 6.54 Å². The first-order valence-electron chi connectivity index (χ1n) is 5.33. The van der Waals surface area contributed by atoms with Gasteiger partial charge < -0.3 is 14.2 Å². The zero-order chi connectivity index (χ0) is 12.5. The quantitative estimate of drug-likeness (QED) is 0.758. The molecule has 0 spiro atoms. The van der Waals surface area contributed by atoms with Crippen LogP contribution in [0.5, 0.6) is 0 Å². The summed E-state index contributed by atoms with van der Waals surface area (Å²) in [5.41, 5.74) is 2.02. The molecule has 0 unspecified atom stereocenters. The van der Waals surface area contributed by atoms with Gasteiger partial charge in [0.05, 0.1) is 11.0 Å². The van der Waals surface area contributed by atoms with E-state index in [2.05, 4.69) is 10.1 Å². The number of aromatic nitrogens is 3. The van der Waals surface area contributed by atoms with Crippen LogP contribution in [-0.2, 0) is 11.3 Å². The Morgan fingerprint density at radius 3 is 2.89 bits per heavy atom. The van der Waals surface area contributed by atoms with Crippen LogP contribution in [0.4, 0.5) is 0 Å². The average Bonchev–Trinajstić information content (AvgIpc) is 2.96. The van der Waals surface area contributed by atoms with Crippen molar-refractivity contribution in [2.75, 3.05) is 0 Å². The molecule has 0 radical (unpaired) electrons. The molecular formula is C12H9N3O3. The van der Waals surface area contributed by atoms with E-state index < -0.39 is 5.97 Å². The van der Waals surface area contributed by atoms with Gasteiger partial charge in [0, 0.05) is 6.07 Å². The summed E-state index contributed by atoms with van der Waals surface area (Å²) in [6.07, 6.45) is 1.43. The first kappa shape index (κ1) is 10.5. The second-order valence-corrected chi connectivity index (χ2v) is 3.79. The highest BCUT2D eigenvalue weighted by atomic mass is 16.5. The number of carbonyl (C=O) groups is 1. The van der Waals surface area contributed by atoms with Gasteiger partial charge in [0.15, 0.2) is 5.82 Å². The first-order valence-corrected chi connectivity index (χ1v) is 5.33. The molecule has 6 nitrogen and oxygen atoms in total. The Morgan fingerprint density at radius 2 is 2.17 bits per heavy atom. The summed E-state index contributed by atoms with van der Waals surface area (Å²) in [6.45, 7) is -0.164. The Hall–Kier alpha value is -2.63. The van der Waals surface area contributed by atoms with Crippen molar-refractivity contribution in [1.82, 2.24) is 14.7 Å². The van der Waals surface area contributed by atoms with Gasteiger partial charge in [-0.25, -0.2) is 4.98 Å². The molecular weight excluding hydrogens is 234 g/mol. The lowest BCUT2D eigenvalue weighted by Gasteiger charge is -2.03. The average molecular weight is 243 g/mol. The highest BCUT2D eigenvalue weighted by molar-refractivity contribution is 5.82. The molecule has 0 aliphatic carbocycles. The predicted molar refractivity (Wildman–Crippen MR) is 62.9 cm³/mol. The van der Waals surface area contributed by atoms with Gasteiger partial charge in [0.1, 0.15) is 18.5 Å². The third kappa shape index (κ3) is 1.64. The maximum Gasteiger partial charge on any atom is 0.323 e. The van der Waals surface area contributed by atoms with Crippen molar-refractivity contribution in [3.8, 4) is 11.5 Å². The van der Waals surface area contributed by atoms with Crippen LogP contribution in [0.25, 0.3) is 22.6 Å². The fourth-order valence-electron chi connectivity index (χ4n) is 1.89. The molecule has 0 saturated carbocycles. The zero-order valence-corrected chi connectivity index (χ0v) is 9.28. The molecule has 2 heterocycles. The van der Waals surface area contributed by atoms with Crippen molar-refractivity contribution in [2.45, 2.75) is 6.54 Å². The van der Waals surface area contributed by atoms with Gasteiger partial charge in [-0.1, -0.05) is 17.3 Å². The van der Waals surface area contributed by atoms with E-state index in [1.54, 1.807) is 10.6 Å². The largest absolute Gasteiger partial charge is 0.480 e. The summed E-state index contributed by atoms with van der Waals surface area (Å²) in [5.74, 6) is -0.435. The Morgan fingerprint density at radius 1 is 1.33 bits per heavy atom. The Balaban J connectivity index is 2.26. The number of benzene rings is 1. The van der Waals surface area contributed by atoms with Crippen LogP contribution in [0.15, 0.2) is 41.1 Å². The van der Waals surface area contributed by atoms with Crippen LogP contribution < -0.4 is 0 Å². The van der Waals surface area contributed by atoms with E-state index in [9.17, 15) is 4.79 Å². The van der Waals surface area contributed by atoms with Crippen LogP contribution in [-0.4, -0.2) is 25.8 Å². The number of hydrogen-bond acceptors (Lipinski definition) is 4. The Bertz CT molecular complexity index is 701. The van der Waals surface area contributed by atoms with Crippen LogP contribution in [0.1, 0.15) is 0 Å². The SMILES string of the molecule is O=C(O)Cn1c(-c2ccon2)nc2ccccc21. The molecule has 0 fully saturated rings. The second kappa shape index (κ2) is 3.99. The smallest absolute Gasteiger partial charge is 0.323 e. The third-order valence-corrected chi connectivity index (χ3v) is 2.61. The molecule has 6 heteroatoms. The van der Waals surface area contributed by atoms with Crippen LogP contribution in [0.2, 0.25) is 0 Å². The van der Waals surface area contributed by atoms with Crippen molar-refractivity contribution in [3.63, 3.8) is 0 Å². The lowest BCUT2D eigenvalue weighted by Crippen LogP contribution is -2.10. The van der Waals surface area contributed by atoms with Crippen LogP contribution >= 0.6 is 0 Å². The van der Waals surface area contributed by atoms with Gasteiger partial charge >= 0.3 is 5.97 Å². The fourth-order valence-corrected chi connectivity index (χ4v) is 1.89. The van der Waals surface area contributed by atoms with Crippen molar-refractivity contribution in [3.05, 3.63) is 36.6 Å². The number of rotatable bonds is 3. The first-order chi connectivity index (χ1) is 8.75. The number of fused-ring (bicyclic) bond motifs is 1. The summed E-state index contributed by atoms with van der Waals surface area (Å²) < 4.78 is 6.38. The molecule has 0 bridgehead atoms. The molecule has 90 valence electrons. The monoisotopic (exact) mass is 243 g/mol.